The number of hydrogen-bond donors (Lipinski definition) is 1. The first-order valence-electron chi connectivity index (χ1n) is 2.59. The monoisotopic (exact) mass is 119 g/mol. The van der Waals surface area contributed by atoms with Gasteiger partial charge in [-0.1, -0.05) is 13.3 Å². The summed E-state index contributed by atoms with van der Waals surface area (Å²) in [5.41, 5.74) is 5.40. The highest BCUT2D eigenvalue weighted by atomic mass is 28.2. The van der Waals surface area contributed by atoms with Gasteiger partial charge in [0.2, 0.25) is 0 Å². The average molecular weight is 119 g/mol. The SMILES string of the molecule is CCCC(N)O[SiH3]. The molecule has 0 aromatic rings. The van der Waals surface area contributed by atoms with Crippen molar-refractivity contribution in [2.24, 2.45) is 5.73 Å². The lowest BCUT2D eigenvalue weighted by atomic mass is 10.3. The van der Waals surface area contributed by atoms with E-state index in [2.05, 4.69) is 6.92 Å². The van der Waals surface area contributed by atoms with Gasteiger partial charge in [-0.25, -0.2) is 0 Å². The fourth-order valence-electron chi connectivity index (χ4n) is 0.402. The van der Waals surface area contributed by atoms with Crippen molar-refractivity contribution < 1.29 is 4.43 Å². The van der Waals surface area contributed by atoms with E-state index in [-0.39, 0.29) is 6.23 Å². The Morgan fingerprint density at radius 1 is 1.86 bits per heavy atom. The predicted molar refractivity (Wildman–Crippen MR) is 33.9 cm³/mol. The summed E-state index contributed by atoms with van der Waals surface area (Å²) in [4.78, 5) is 0. The van der Waals surface area contributed by atoms with E-state index in [1.165, 1.54) is 0 Å². The second-order valence-corrected chi connectivity index (χ2v) is 2.03. The maximum absolute atomic E-state index is 5.40. The van der Waals surface area contributed by atoms with Gasteiger partial charge in [-0.2, -0.15) is 0 Å². The van der Waals surface area contributed by atoms with E-state index in [1.807, 2.05) is 0 Å². The molecule has 0 aliphatic carbocycles. The van der Waals surface area contributed by atoms with Crippen LogP contribution in [0.1, 0.15) is 19.8 Å². The van der Waals surface area contributed by atoms with E-state index < -0.39 is 0 Å². The molecular formula is C4H13NOSi. The van der Waals surface area contributed by atoms with Crippen molar-refractivity contribution >= 4 is 10.5 Å². The van der Waals surface area contributed by atoms with Gasteiger partial charge in [0.05, 0.1) is 6.23 Å². The molecule has 1 unspecified atom stereocenters. The van der Waals surface area contributed by atoms with E-state index in [1.54, 1.807) is 0 Å². The fourth-order valence-corrected chi connectivity index (χ4v) is 0.638. The molecule has 7 heavy (non-hydrogen) atoms. The lowest BCUT2D eigenvalue weighted by Gasteiger charge is -2.05. The molecule has 0 aromatic carbocycles. The smallest absolute Gasteiger partial charge is 0.148 e. The van der Waals surface area contributed by atoms with E-state index in [0.29, 0.717) is 0 Å². The Bertz CT molecular complexity index is 42.7. The van der Waals surface area contributed by atoms with E-state index in [4.69, 9.17) is 10.2 Å². The van der Waals surface area contributed by atoms with Crippen molar-refractivity contribution in [2.45, 2.75) is 26.0 Å². The summed E-state index contributed by atoms with van der Waals surface area (Å²) in [7, 11) is 0.762. The Morgan fingerprint density at radius 2 is 2.43 bits per heavy atom. The van der Waals surface area contributed by atoms with Crippen LogP contribution in [-0.4, -0.2) is 16.7 Å². The fraction of sp³-hybridized carbons (Fsp3) is 1.00. The molecule has 0 saturated heterocycles. The average Bonchev–Trinajstić information content (AvgIpc) is 1.68. The van der Waals surface area contributed by atoms with Crippen LogP contribution in [-0.2, 0) is 4.43 Å². The zero-order valence-electron chi connectivity index (χ0n) is 4.98. The largest absolute Gasteiger partial charge is 0.413 e. The molecule has 0 spiro atoms. The van der Waals surface area contributed by atoms with Gasteiger partial charge in [-0.05, 0) is 6.42 Å². The summed E-state index contributed by atoms with van der Waals surface area (Å²) in [6, 6.07) is 0. The Hall–Kier alpha value is 0.137. The normalized spacial score (nSPS) is 14.6. The van der Waals surface area contributed by atoms with Crippen molar-refractivity contribution in [3.05, 3.63) is 0 Å². The molecular weight excluding hydrogens is 106 g/mol. The van der Waals surface area contributed by atoms with Crippen molar-refractivity contribution in [3.63, 3.8) is 0 Å². The van der Waals surface area contributed by atoms with Crippen molar-refractivity contribution in [3.8, 4) is 0 Å². The molecule has 0 rings (SSSR count). The molecule has 0 heterocycles. The Kier molecular flexibility index (Phi) is 4.38. The maximum atomic E-state index is 5.40. The zero-order chi connectivity index (χ0) is 5.70. The first-order chi connectivity index (χ1) is 3.31. The van der Waals surface area contributed by atoms with Gasteiger partial charge in [-0.15, -0.1) is 0 Å². The third kappa shape index (κ3) is 3.98. The van der Waals surface area contributed by atoms with Crippen LogP contribution < -0.4 is 5.73 Å². The summed E-state index contributed by atoms with van der Waals surface area (Å²) in [5, 5.41) is 0. The van der Waals surface area contributed by atoms with Gasteiger partial charge in [0.1, 0.15) is 10.5 Å². The van der Waals surface area contributed by atoms with E-state index >= 15 is 0 Å². The molecule has 0 aliphatic heterocycles. The van der Waals surface area contributed by atoms with Gasteiger partial charge in [0, 0.05) is 0 Å². The first-order valence-corrected chi connectivity index (χ1v) is 3.41. The highest BCUT2D eigenvalue weighted by molar-refractivity contribution is 5.98. The standard InChI is InChI=1S/C4H13NOSi/c1-2-3-4(5)6-7/h4H,2-3,5H2,1,7H3. The molecule has 44 valence electrons. The molecule has 0 aromatic heterocycles. The van der Waals surface area contributed by atoms with Gasteiger partial charge in [-0.3, -0.25) is 0 Å². The minimum Gasteiger partial charge on any atom is -0.413 e. The van der Waals surface area contributed by atoms with Crippen LogP contribution in [0.2, 0.25) is 0 Å². The van der Waals surface area contributed by atoms with Crippen LogP contribution in [0.5, 0.6) is 0 Å². The van der Waals surface area contributed by atoms with Crippen molar-refractivity contribution in [1.82, 2.24) is 0 Å². The molecule has 0 saturated carbocycles. The molecule has 0 amide bonds. The Morgan fingerprint density at radius 3 is 2.57 bits per heavy atom. The minimum atomic E-state index is 0.0108. The van der Waals surface area contributed by atoms with Crippen LogP contribution in [0.3, 0.4) is 0 Å². The molecule has 0 aliphatic rings. The second kappa shape index (κ2) is 4.30. The van der Waals surface area contributed by atoms with Crippen molar-refractivity contribution in [1.29, 1.82) is 0 Å². The highest BCUT2D eigenvalue weighted by Gasteiger charge is 1.92. The summed E-state index contributed by atoms with van der Waals surface area (Å²) in [5.74, 6) is 0. The minimum absolute atomic E-state index is 0.0108. The van der Waals surface area contributed by atoms with Gasteiger partial charge >= 0.3 is 0 Å². The van der Waals surface area contributed by atoms with Crippen molar-refractivity contribution in [2.75, 3.05) is 0 Å². The van der Waals surface area contributed by atoms with Gasteiger partial charge in [0.25, 0.3) is 0 Å². The lowest BCUT2D eigenvalue weighted by Crippen LogP contribution is -2.21. The molecule has 2 nitrogen and oxygen atoms in total. The zero-order valence-corrected chi connectivity index (χ0v) is 6.98. The summed E-state index contributed by atoms with van der Waals surface area (Å²) in [6.07, 6.45) is 2.11. The van der Waals surface area contributed by atoms with Crippen LogP contribution in [0, 0.1) is 0 Å². The molecule has 1 atom stereocenters. The summed E-state index contributed by atoms with van der Waals surface area (Å²) >= 11 is 0. The number of hydrogen-bond acceptors (Lipinski definition) is 2. The summed E-state index contributed by atoms with van der Waals surface area (Å²) < 4.78 is 4.91. The quantitative estimate of drug-likeness (QED) is 0.396. The lowest BCUT2D eigenvalue weighted by molar-refractivity contribution is 0.217. The van der Waals surface area contributed by atoms with Crippen LogP contribution in [0.4, 0.5) is 0 Å². The maximum Gasteiger partial charge on any atom is 0.148 e. The van der Waals surface area contributed by atoms with E-state index in [0.717, 1.165) is 23.3 Å². The van der Waals surface area contributed by atoms with Gasteiger partial charge in [0.15, 0.2) is 0 Å². The van der Waals surface area contributed by atoms with Crippen LogP contribution in [0.15, 0.2) is 0 Å². The van der Waals surface area contributed by atoms with Crippen LogP contribution >= 0.6 is 0 Å². The van der Waals surface area contributed by atoms with Crippen LogP contribution in [0.25, 0.3) is 0 Å². The molecule has 0 bridgehead atoms. The van der Waals surface area contributed by atoms with E-state index in [9.17, 15) is 0 Å². The molecule has 0 radical (unpaired) electrons. The third-order valence-electron chi connectivity index (χ3n) is 0.876. The first kappa shape index (κ1) is 7.14. The van der Waals surface area contributed by atoms with Gasteiger partial charge < -0.3 is 10.2 Å². The molecule has 3 heteroatoms. The number of nitrogens with two attached hydrogens (primary N) is 1. The summed E-state index contributed by atoms with van der Waals surface area (Å²) in [6.45, 7) is 2.10. The molecule has 0 fully saturated rings. The predicted octanol–water partition coefficient (Wildman–Crippen LogP) is -0.632. The molecule has 2 N–H and O–H groups in total. The second-order valence-electron chi connectivity index (χ2n) is 1.56. The topological polar surface area (TPSA) is 35.2 Å². The number of rotatable bonds is 3. The Balaban J connectivity index is 2.83. The highest BCUT2D eigenvalue weighted by Crippen LogP contribution is 1.90. The Labute approximate surface area is 47.6 Å². The third-order valence-corrected chi connectivity index (χ3v) is 1.48.